The van der Waals surface area contributed by atoms with E-state index in [1.807, 2.05) is 39.9 Å². The third-order valence-electron chi connectivity index (χ3n) is 7.75. The molecule has 2 aliphatic rings. The lowest BCUT2D eigenvalue weighted by Gasteiger charge is -2.38. The fraction of sp³-hybridized carbons (Fsp3) is 0.657. The molecule has 0 spiro atoms. The number of hydrogen-bond acceptors (Lipinski definition) is 7. The normalized spacial score (nSPS) is 20.3. The third-order valence-corrected chi connectivity index (χ3v) is 7.75. The maximum absolute atomic E-state index is 6.62. The number of nitrogens with one attached hydrogen (secondary N) is 1. The first-order valence-corrected chi connectivity index (χ1v) is 15.9. The molecule has 2 aromatic rings. The second kappa shape index (κ2) is 19.8. The molecule has 0 radical (unpaired) electrons. The minimum Gasteiger partial charge on any atom is -0.497 e. The quantitative estimate of drug-likeness (QED) is 0.273. The molecule has 0 saturated carbocycles. The SMILES string of the molecule is CC.CC[C@@H](C)C[C@H]1C[C@H](c2ccc(OC)cc2)[C@@H](OCc2ccc3c(c2)N(CCCOC)CCO3)CN1.CN(C)C.[HH]. The fourth-order valence-electron chi connectivity index (χ4n) is 5.42. The van der Waals surface area contributed by atoms with Gasteiger partial charge in [0.1, 0.15) is 18.1 Å². The number of piperidine rings is 1. The minimum atomic E-state index is 0. The first kappa shape index (κ1) is 35.9. The van der Waals surface area contributed by atoms with Crippen molar-refractivity contribution >= 4 is 5.69 Å². The van der Waals surface area contributed by atoms with E-state index in [4.69, 9.17) is 18.9 Å². The fourth-order valence-corrected chi connectivity index (χ4v) is 5.42. The summed E-state index contributed by atoms with van der Waals surface area (Å²) >= 11 is 0. The third kappa shape index (κ3) is 11.8. The van der Waals surface area contributed by atoms with Crippen LogP contribution in [0.5, 0.6) is 11.5 Å². The second-order valence-corrected chi connectivity index (χ2v) is 11.6. The van der Waals surface area contributed by atoms with E-state index in [1.165, 1.54) is 29.7 Å². The lowest BCUT2D eigenvalue weighted by Crippen LogP contribution is -2.47. The van der Waals surface area contributed by atoms with Crippen molar-refractivity contribution in [1.82, 2.24) is 10.2 Å². The highest BCUT2D eigenvalue weighted by atomic mass is 16.5. The zero-order valence-electron chi connectivity index (χ0n) is 27.9. The average Bonchev–Trinajstić information content (AvgIpc) is 3.01. The van der Waals surface area contributed by atoms with Crippen molar-refractivity contribution in [2.24, 2.45) is 5.92 Å². The monoisotopic (exact) mass is 587 g/mol. The Kier molecular flexibility index (Phi) is 16.9. The molecule has 0 bridgehead atoms. The highest BCUT2D eigenvalue weighted by Gasteiger charge is 2.32. The van der Waals surface area contributed by atoms with Crippen LogP contribution in [0.25, 0.3) is 0 Å². The van der Waals surface area contributed by atoms with E-state index in [9.17, 15) is 0 Å². The van der Waals surface area contributed by atoms with Crippen LogP contribution in [-0.4, -0.2) is 85.3 Å². The highest BCUT2D eigenvalue weighted by molar-refractivity contribution is 5.61. The summed E-state index contributed by atoms with van der Waals surface area (Å²) in [5.41, 5.74) is 3.69. The molecule has 7 heteroatoms. The number of nitrogens with zero attached hydrogens (tertiary/aromatic N) is 2. The van der Waals surface area contributed by atoms with Gasteiger partial charge in [0.25, 0.3) is 0 Å². The molecule has 1 saturated heterocycles. The summed E-state index contributed by atoms with van der Waals surface area (Å²) in [6.07, 6.45) is 4.64. The maximum atomic E-state index is 6.62. The lowest BCUT2D eigenvalue weighted by atomic mass is 9.81. The molecule has 2 aromatic carbocycles. The van der Waals surface area contributed by atoms with Gasteiger partial charge in [0, 0.05) is 40.2 Å². The summed E-state index contributed by atoms with van der Waals surface area (Å²) in [6.45, 7) is 13.5. The van der Waals surface area contributed by atoms with Gasteiger partial charge < -0.3 is 34.1 Å². The summed E-state index contributed by atoms with van der Waals surface area (Å²) < 4.78 is 23.2. The Morgan fingerprint density at radius 1 is 1.10 bits per heavy atom. The van der Waals surface area contributed by atoms with Gasteiger partial charge in [0.2, 0.25) is 0 Å². The molecule has 240 valence electrons. The molecule has 4 rings (SSSR count). The molecular formula is C35H61N3O4. The van der Waals surface area contributed by atoms with Crippen LogP contribution in [0.3, 0.4) is 0 Å². The molecular weight excluding hydrogens is 526 g/mol. The van der Waals surface area contributed by atoms with Crippen LogP contribution >= 0.6 is 0 Å². The summed E-state index contributed by atoms with van der Waals surface area (Å²) in [5.74, 6) is 2.94. The summed E-state index contributed by atoms with van der Waals surface area (Å²) in [6, 6.07) is 15.6. The molecule has 42 heavy (non-hydrogen) atoms. The van der Waals surface area contributed by atoms with Crippen molar-refractivity contribution < 1.29 is 20.4 Å². The maximum Gasteiger partial charge on any atom is 0.142 e. The van der Waals surface area contributed by atoms with Crippen molar-refractivity contribution in [2.45, 2.75) is 78.0 Å². The van der Waals surface area contributed by atoms with E-state index in [0.29, 0.717) is 18.6 Å². The number of benzene rings is 2. The second-order valence-electron chi connectivity index (χ2n) is 11.6. The topological polar surface area (TPSA) is 55.4 Å². The van der Waals surface area contributed by atoms with Crippen LogP contribution < -0.4 is 19.7 Å². The van der Waals surface area contributed by atoms with Gasteiger partial charge in [0.05, 0.1) is 32.1 Å². The van der Waals surface area contributed by atoms with E-state index in [2.05, 4.69) is 66.5 Å². The zero-order valence-corrected chi connectivity index (χ0v) is 27.9. The van der Waals surface area contributed by atoms with Crippen molar-refractivity contribution in [3.05, 3.63) is 53.6 Å². The molecule has 4 atom stereocenters. The molecule has 2 aliphatic heterocycles. The average molecular weight is 588 g/mol. The van der Waals surface area contributed by atoms with Crippen LogP contribution in [0.1, 0.15) is 71.8 Å². The summed E-state index contributed by atoms with van der Waals surface area (Å²) in [4.78, 5) is 4.41. The van der Waals surface area contributed by atoms with E-state index in [-0.39, 0.29) is 7.53 Å². The van der Waals surface area contributed by atoms with Crippen molar-refractivity contribution in [3.8, 4) is 11.5 Å². The van der Waals surface area contributed by atoms with Gasteiger partial charge in [-0.3, -0.25) is 0 Å². The van der Waals surface area contributed by atoms with E-state index >= 15 is 0 Å². The summed E-state index contributed by atoms with van der Waals surface area (Å²) in [5, 5.41) is 3.79. The Bertz CT molecular complexity index is 989. The van der Waals surface area contributed by atoms with Crippen molar-refractivity contribution in [3.63, 3.8) is 0 Å². The van der Waals surface area contributed by atoms with Gasteiger partial charge in [-0.25, -0.2) is 0 Å². The lowest BCUT2D eigenvalue weighted by molar-refractivity contribution is 0.00118. The van der Waals surface area contributed by atoms with Crippen LogP contribution in [0.2, 0.25) is 0 Å². The number of hydrogen-bond donors (Lipinski definition) is 1. The molecule has 1 fully saturated rings. The Balaban J connectivity index is 0.00000122. The van der Waals surface area contributed by atoms with Gasteiger partial charge in [-0.1, -0.05) is 52.3 Å². The Labute approximate surface area is 258 Å². The number of rotatable bonds is 12. The van der Waals surface area contributed by atoms with Gasteiger partial charge in [0.15, 0.2) is 0 Å². The predicted molar refractivity (Wildman–Crippen MR) is 179 cm³/mol. The Morgan fingerprint density at radius 3 is 2.45 bits per heavy atom. The number of methoxy groups -OCH3 is 2. The number of anilines is 1. The smallest absolute Gasteiger partial charge is 0.142 e. The first-order valence-electron chi connectivity index (χ1n) is 15.9. The van der Waals surface area contributed by atoms with Crippen LogP contribution in [0, 0.1) is 5.92 Å². The van der Waals surface area contributed by atoms with Crippen LogP contribution in [-0.2, 0) is 16.1 Å². The van der Waals surface area contributed by atoms with E-state index in [0.717, 1.165) is 63.1 Å². The predicted octanol–water partition coefficient (Wildman–Crippen LogP) is 6.85. The Morgan fingerprint density at radius 2 is 1.81 bits per heavy atom. The van der Waals surface area contributed by atoms with Crippen LogP contribution in [0.15, 0.2) is 42.5 Å². The molecule has 1 N–H and O–H groups in total. The molecule has 0 unspecified atom stereocenters. The minimum absolute atomic E-state index is 0. The van der Waals surface area contributed by atoms with E-state index < -0.39 is 0 Å². The van der Waals surface area contributed by atoms with Gasteiger partial charge >= 0.3 is 0 Å². The molecule has 7 nitrogen and oxygen atoms in total. The standard InChI is InChI=1S/C30H44N2O4.C3H9N.C2H6.H2/c1-5-22(2)17-25-19-27(24-8-10-26(34-4)11-9-24)30(20-31-25)36-21-23-7-12-29-28(18-23)32(14-16-35-29)13-6-15-33-3;1-4(2)3;1-2;/h7-12,18,22,25,27,30-31H,5-6,13-17,19-21H2,1-4H3;1-3H3;1-2H3;1H/t22-,25+,27-,30+;;;/m1.../s1. The largest absolute Gasteiger partial charge is 0.497 e. The van der Waals surface area contributed by atoms with Crippen molar-refractivity contribution in [2.75, 3.05) is 73.1 Å². The molecule has 0 aromatic heterocycles. The zero-order chi connectivity index (χ0) is 30.9. The van der Waals surface area contributed by atoms with Gasteiger partial charge in [-0.05, 0) is 81.7 Å². The van der Waals surface area contributed by atoms with Gasteiger partial charge in [-0.15, -0.1) is 0 Å². The molecule has 0 amide bonds. The molecule has 2 heterocycles. The number of fused-ring (bicyclic) bond motifs is 1. The first-order chi connectivity index (χ1) is 20.3. The number of ether oxygens (including phenoxy) is 4. The molecule has 0 aliphatic carbocycles. The Hall–Kier alpha value is -2.32. The van der Waals surface area contributed by atoms with E-state index in [1.54, 1.807) is 14.2 Å². The van der Waals surface area contributed by atoms with Crippen molar-refractivity contribution in [1.29, 1.82) is 0 Å². The summed E-state index contributed by atoms with van der Waals surface area (Å²) in [7, 11) is 9.48. The highest BCUT2D eigenvalue weighted by Crippen LogP contribution is 2.35. The van der Waals surface area contributed by atoms with Crippen LogP contribution in [0.4, 0.5) is 5.69 Å². The van der Waals surface area contributed by atoms with Gasteiger partial charge in [-0.2, -0.15) is 0 Å².